The summed E-state index contributed by atoms with van der Waals surface area (Å²) in [6.45, 7) is 5.05. The lowest BCUT2D eigenvalue weighted by atomic mass is 10.00. The number of carboxylic acid groups (broad SMARTS) is 1. The van der Waals surface area contributed by atoms with E-state index < -0.39 is 47.9 Å². The lowest BCUT2D eigenvalue weighted by Gasteiger charge is -2.26. The molecule has 0 aliphatic carbocycles. The average molecular weight is 506 g/mol. The number of H-pyrrole nitrogens is 1. The largest absolute Gasteiger partial charge is 0.480 e. The van der Waals surface area contributed by atoms with E-state index in [2.05, 4.69) is 20.9 Å². The van der Waals surface area contributed by atoms with Crippen molar-refractivity contribution in [2.75, 3.05) is 12.0 Å². The van der Waals surface area contributed by atoms with Crippen molar-refractivity contribution in [3.63, 3.8) is 0 Å². The van der Waals surface area contributed by atoms with Gasteiger partial charge in [0, 0.05) is 23.5 Å². The Kier molecular flexibility index (Phi) is 10.6. The van der Waals surface area contributed by atoms with Crippen LogP contribution >= 0.6 is 11.8 Å². The molecule has 4 atom stereocenters. The number of fused-ring (bicyclic) bond motifs is 1. The number of nitrogens with one attached hydrogen (secondary N) is 4. The van der Waals surface area contributed by atoms with Crippen LogP contribution in [0.1, 0.15) is 32.8 Å². The number of aromatic nitrogens is 1. The van der Waals surface area contributed by atoms with Gasteiger partial charge in [-0.05, 0) is 42.9 Å². The van der Waals surface area contributed by atoms with Crippen LogP contribution in [-0.4, -0.2) is 70.0 Å². The summed E-state index contributed by atoms with van der Waals surface area (Å²) in [5.41, 5.74) is 7.30. The standard InChI is InChI=1S/C24H35N5O5S/c1-13(2)20(29-21(30)14(3)25)23(32)28-19(22(31)27-18(24(33)34)9-10-35-4)11-15-12-26-17-8-6-5-7-16(15)17/h5-8,12-14,18-20,26H,9-11,25H2,1-4H3,(H,27,31)(H,28,32)(H,29,30)(H,33,34). The Morgan fingerprint density at radius 3 is 2.26 bits per heavy atom. The number of hydrogen-bond acceptors (Lipinski definition) is 6. The molecule has 0 saturated carbocycles. The van der Waals surface area contributed by atoms with Gasteiger partial charge in [0.1, 0.15) is 18.1 Å². The molecular weight excluding hydrogens is 470 g/mol. The van der Waals surface area contributed by atoms with Gasteiger partial charge in [0.15, 0.2) is 0 Å². The predicted molar refractivity (Wildman–Crippen MR) is 137 cm³/mol. The smallest absolute Gasteiger partial charge is 0.326 e. The summed E-state index contributed by atoms with van der Waals surface area (Å²) in [5.74, 6) is -2.52. The molecular formula is C24H35N5O5S. The molecule has 0 bridgehead atoms. The Morgan fingerprint density at radius 1 is 1.00 bits per heavy atom. The van der Waals surface area contributed by atoms with E-state index in [1.807, 2.05) is 30.5 Å². The molecule has 7 N–H and O–H groups in total. The predicted octanol–water partition coefficient (Wildman–Crippen LogP) is 1.01. The minimum absolute atomic E-state index is 0.127. The first-order valence-corrected chi connectivity index (χ1v) is 12.9. The summed E-state index contributed by atoms with van der Waals surface area (Å²) >= 11 is 1.47. The van der Waals surface area contributed by atoms with Crippen molar-refractivity contribution < 1.29 is 24.3 Å². The van der Waals surface area contributed by atoms with Crippen molar-refractivity contribution in [2.45, 2.75) is 57.8 Å². The first-order valence-electron chi connectivity index (χ1n) is 11.5. The molecule has 1 aromatic carbocycles. The highest BCUT2D eigenvalue weighted by Gasteiger charge is 2.31. The van der Waals surface area contributed by atoms with Gasteiger partial charge < -0.3 is 31.8 Å². The Hall–Kier alpha value is -3.05. The van der Waals surface area contributed by atoms with Crippen LogP contribution in [0.5, 0.6) is 0 Å². The summed E-state index contributed by atoms with van der Waals surface area (Å²) in [5, 5.41) is 18.4. The van der Waals surface area contributed by atoms with E-state index in [0.717, 1.165) is 16.5 Å². The Labute approximate surface area is 209 Å². The number of hydrogen-bond donors (Lipinski definition) is 6. The van der Waals surface area contributed by atoms with Crippen LogP contribution in [0, 0.1) is 5.92 Å². The maximum atomic E-state index is 13.2. The number of benzene rings is 1. The fourth-order valence-corrected chi connectivity index (χ4v) is 4.05. The lowest BCUT2D eigenvalue weighted by Crippen LogP contribution is -2.58. The molecule has 1 aromatic heterocycles. The third-order valence-corrected chi connectivity index (χ3v) is 6.26. The maximum Gasteiger partial charge on any atom is 0.326 e. The highest BCUT2D eigenvalue weighted by atomic mass is 32.2. The van der Waals surface area contributed by atoms with E-state index in [4.69, 9.17) is 5.73 Å². The second-order valence-electron chi connectivity index (χ2n) is 8.82. The number of carbonyl (C=O) groups is 4. The molecule has 2 rings (SSSR count). The van der Waals surface area contributed by atoms with Gasteiger partial charge in [0.05, 0.1) is 6.04 Å². The van der Waals surface area contributed by atoms with E-state index >= 15 is 0 Å². The van der Waals surface area contributed by atoms with E-state index in [1.165, 1.54) is 18.7 Å². The summed E-state index contributed by atoms with van der Waals surface area (Å²) < 4.78 is 0. The number of nitrogens with two attached hydrogens (primary N) is 1. The van der Waals surface area contributed by atoms with E-state index in [0.29, 0.717) is 5.75 Å². The van der Waals surface area contributed by atoms with Crippen LogP contribution in [0.2, 0.25) is 0 Å². The van der Waals surface area contributed by atoms with Crippen LogP contribution < -0.4 is 21.7 Å². The fraction of sp³-hybridized carbons (Fsp3) is 0.500. The molecule has 0 spiro atoms. The minimum atomic E-state index is -1.14. The van der Waals surface area contributed by atoms with Gasteiger partial charge in [-0.2, -0.15) is 11.8 Å². The van der Waals surface area contributed by atoms with Crippen molar-refractivity contribution >= 4 is 46.4 Å². The number of rotatable bonds is 13. The van der Waals surface area contributed by atoms with Gasteiger partial charge in [-0.3, -0.25) is 14.4 Å². The molecule has 0 radical (unpaired) electrons. The first-order chi connectivity index (χ1) is 16.5. The van der Waals surface area contributed by atoms with Crippen molar-refractivity contribution in [2.24, 2.45) is 11.7 Å². The third kappa shape index (κ3) is 8.00. The van der Waals surface area contributed by atoms with E-state index in [1.54, 1.807) is 20.0 Å². The molecule has 10 nitrogen and oxygen atoms in total. The van der Waals surface area contributed by atoms with Crippen molar-refractivity contribution in [1.29, 1.82) is 0 Å². The van der Waals surface area contributed by atoms with Crippen molar-refractivity contribution in [3.8, 4) is 0 Å². The van der Waals surface area contributed by atoms with Crippen LogP contribution in [0.4, 0.5) is 0 Å². The van der Waals surface area contributed by atoms with E-state index in [9.17, 15) is 24.3 Å². The van der Waals surface area contributed by atoms with Gasteiger partial charge in [-0.1, -0.05) is 32.0 Å². The van der Waals surface area contributed by atoms with Gasteiger partial charge >= 0.3 is 5.97 Å². The molecule has 2 aromatic rings. The highest BCUT2D eigenvalue weighted by molar-refractivity contribution is 7.98. The average Bonchev–Trinajstić information content (AvgIpc) is 3.21. The number of carbonyl (C=O) groups excluding carboxylic acids is 3. The van der Waals surface area contributed by atoms with Gasteiger partial charge in [0.25, 0.3) is 0 Å². The fourth-order valence-electron chi connectivity index (χ4n) is 3.58. The van der Waals surface area contributed by atoms with Gasteiger partial charge in [0.2, 0.25) is 17.7 Å². The van der Waals surface area contributed by atoms with Crippen LogP contribution in [0.25, 0.3) is 10.9 Å². The molecule has 0 aliphatic rings. The number of aliphatic carboxylic acids is 1. The molecule has 35 heavy (non-hydrogen) atoms. The molecule has 4 unspecified atom stereocenters. The van der Waals surface area contributed by atoms with Crippen molar-refractivity contribution in [1.82, 2.24) is 20.9 Å². The van der Waals surface area contributed by atoms with Crippen LogP contribution in [0.15, 0.2) is 30.5 Å². The monoisotopic (exact) mass is 505 g/mol. The van der Waals surface area contributed by atoms with Crippen LogP contribution in [-0.2, 0) is 25.6 Å². The minimum Gasteiger partial charge on any atom is -0.480 e. The normalized spacial score (nSPS) is 14.7. The van der Waals surface area contributed by atoms with Crippen LogP contribution in [0.3, 0.4) is 0 Å². The number of carboxylic acids is 1. The molecule has 0 fully saturated rings. The molecule has 1 heterocycles. The maximum absolute atomic E-state index is 13.2. The SMILES string of the molecule is CSCCC(NC(=O)C(Cc1c[nH]c2ccccc12)NC(=O)C(NC(=O)C(C)N)C(C)C)C(=O)O. The third-order valence-electron chi connectivity index (χ3n) is 5.62. The quantitative estimate of drug-likeness (QED) is 0.236. The lowest BCUT2D eigenvalue weighted by molar-refractivity contribution is -0.142. The zero-order chi connectivity index (χ0) is 26.1. The molecule has 0 saturated heterocycles. The number of para-hydroxylation sites is 1. The topological polar surface area (TPSA) is 166 Å². The molecule has 0 aliphatic heterocycles. The zero-order valence-electron chi connectivity index (χ0n) is 20.5. The summed E-state index contributed by atoms with van der Waals surface area (Å²) in [4.78, 5) is 53.4. The molecule has 192 valence electrons. The Bertz CT molecular complexity index is 1040. The first kappa shape index (κ1) is 28.2. The number of thioether (sulfide) groups is 1. The summed E-state index contributed by atoms with van der Waals surface area (Å²) in [6.07, 6.45) is 3.98. The van der Waals surface area contributed by atoms with Gasteiger partial charge in [-0.25, -0.2) is 4.79 Å². The molecule has 3 amide bonds. The number of aromatic amines is 1. The van der Waals surface area contributed by atoms with Gasteiger partial charge in [-0.15, -0.1) is 0 Å². The highest BCUT2D eigenvalue weighted by Crippen LogP contribution is 2.19. The second-order valence-corrected chi connectivity index (χ2v) is 9.81. The zero-order valence-corrected chi connectivity index (χ0v) is 21.3. The Balaban J connectivity index is 2.30. The summed E-state index contributed by atoms with van der Waals surface area (Å²) in [6, 6.07) is 3.67. The Morgan fingerprint density at radius 2 is 1.66 bits per heavy atom. The summed E-state index contributed by atoms with van der Waals surface area (Å²) in [7, 11) is 0. The second kappa shape index (κ2) is 13.1. The van der Waals surface area contributed by atoms with E-state index in [-0.39, 0.29) is 18.8 Å². The number of amides is 3. The molecule has 11 heteroatoms. The van der Waals surface area contributed by atoms with Crippen molar-refractivity contribution in [3.05, 3.63) is 36.0 Å².